The number of carbonyl (C=O) groups is 1. The fourth-order valence-corrected chi connectivity index (χ4v) is 7.55. The minimum Gasteiger partial charge on any atom is -0.395 e. The molecule has 1 fully saturated rings. The summed E-state index contributed by atoms with van der Waals surface area (Å²) in [6.07, 6.45) is 1.03. The lowest BCUT2D eigenvalue weighted by Crippen LogP contribution is -2.48. The van der Waals surface area contributed by atoms with E-state index in [4.69, 9.17) is 23.2 Å². The Bertz CT molecular complexity index is 1730. The Labute approximate surface area is 279 Å². The Balaban J connectivity index is 1.50. The highest BCUT2D eigenvalue weighted by molar-refractivity contribution is 7.92. The van der Waals surface area contributed by atoms with Crippen LogP contribution in [-0.4, -0.2) is 108 Å². The zero-order chi connectivity index (χ0) is 33.6. The van der Waals surface area contributed by atoms with Crippen molar-refractivity contribution in [2.75, 3.05) is 80.3 Å². The van der Waals surface area contributed by atoms with Gasteiger partial charge in [0.25, 0.3) is 5.91 Å². The molecule has 0 unspecified atom stereocenters. The number of sulfonamides is 2. The van der Waals surface area contributed by atoms with Crippen LogP contribution < -0.4 is 14.5 Å². The van der Waals surface area contributed by atoms with Gasteiger partial charge in [-0.15, -0.1) is 0 Å². The van der Waals surface area contributed by atoms with Crippen molar-refractivity contribution in [3.63, 3.8) is 0 Å². The van der Waals surface area contributed by atoms with Gasteiger partial charge in [0, 0.05) is 74.3 Å². The lowest BCUT2D eigenvalue weighted by atomic mass is 10.1. The third kappa shape index (κ3) is 8.89. The topological polar surface area (TPSA) is 151 Å². The van der Waals surface area contributed by atoms with Crippen LogP contribution >= 0.6 is 23.2 Å². The molecule has 0 bridgehead atoms. The van der Waals surface area contributed by atoms with Crippen LogP contribution in [0.3, 0.4) is 0 Å². The molecule has 12 nitrogen and oxygen atoms in total. The first-order valence-electron chi connectivity index (χ1n) is 14.4. The summed E-state index contributed by atoms with van der Waals surface area (Å²) in [5.74, 6) is -0.601. The van der Waals surface area contributed by atoms with Gasteiger partial charge in [-0.1, -0.05) is 29.3 Å². The SMILES string of the molecule is CN(c1ccc(CN(CCO)CCO)cc1C(=O)Nc1ccc(S(=O)(=O)N2CCN(c3cc(Cl)cc(Cl)c3)CC2)cc1)S(C)(=O)=O. The van der Waals surface area contributed by atoms with E-state index < -0.39 is 26.0 Å². The van der Waals surface area contributed by atoms with Gasteiger partial charge in [0.05, 0.1) is 35.6 Å². The molecule has 0 aromatic heterocycles. The number of aliphatic hydroxyl groups is 2. The molecule has 1 aliphatic rings. The third-order valence-electron chi connectivity index (χ3n) is 7.58. The number of anilines is 3. The Kier molecular flexibility index (Phi) is 11.9. The molecule has 0 aliphatic carbocycles. The van der Waals surface area contributed by atoms with Crippen molar-refractivity contribution in [2.24, 2.45) is 0 Å². The Morgan fingerprint density at radius 2 is 1.46 bits per heavy atom. The molecule has 1 aliphatic heterocycles. The molecule has 1 heterocycles. The van der Waals surface area contributed by atoms with Crippen molar-refractivity contribution in [1.82, 2.24) is 9.21 Å². The molecular weight excluding hydrogens is 677 g/mol. The van der Waals surface area contributed by atoms with Crippen molar-refractivity contribution < 1.29 is 31.8 Å². The monoisotopic (exact) mass is 713 g/mol. The van der Waals surface area contributed by atoms with E-state index in [1.807, 2.05) is 4.90 Å². The molecule has 1 saturated heterocycles. The summed E-state index contributed by atoms with van der Waals surface area (Å²) in [7, 11) is -6.18. The number of halogens is 2. The van der Waals surface area contributed by atoms with Crippen LogP contribution in [-0.2, 0) is 26.6 Å². The van der Waals surface area contributed by atoms with Crippen LogP contribution in [0.4, 0.5) is 17.1 Å². The van der Waals surface area contributed by atoms with Crippen LogP contribution in [0.15, 0.2) is 65.6 Å². The fraction of sp³-hybridized carbons (Fsp3) is 0.367. The second-order valence-electron chi connectivity index (χ2n) is 10.8. The maximum absolute atomic E-state index is 13.5. The highest BCUT2D eigenvalue weighted by atomic mass is 35.5. The molecule has 46 heavy (non-hydrogen) atoms. The van der Waals surface area contributed by atoms with Gasteiger partial charge in [0.2, 0.25) is 20.0 Å². The van der Waals surface area contributed by atoms with Crippen molar-refractivity contribution in [3.05, 3.63) is 81.8 Å². The van der Waals surface area contributed by atoms with Crippen LogP contribution in [0, 0.1) is 0 Å². The second-order valence-corrected chi connectivity index (χ2v) is 15.6. The fourth-order valence-electron chi connectivity index (χ4n) is 5.09. The first kappa shape index (κ1) is 35.9. The number of amides is 1. The average Bonchev–Trinajstić information content (AvgIpc) is 3.00. The molecule has 4 rings (SSSR count). The predicted octanol–water partition coefficient (Wildman–Crippen LogP) is 2.94. The Hall–Kier alpha value is -2.95. The van der Waals surface area contributed by atoms with E-state index in [0.717, 1.165) is 16.2 Å². The first-order chi connectivity index (χ1) is 21.7. The molecule has 0 saturated carbocycles. The first-order valence-corrected chi connectivity index (χ1v) is 18.4. The molecule has 0 radical (unpaired) electrons. The van der Waals surface area contributed by atoms with Gasteiger partial charge < -0.3 is 20.4 Å². The normalized spacial score (nSPS) is 14.5. The number of benzene rings is 3. The van der Waals surface area contributed by atoms with Crippen molar-refractivity contribution >= 4 is 66.2 Å². The van der Waals surface area contributed by atoms with Crippen molar-refractivity contribution in [3.8, 4) is 0 Å². The molecule has 250 valence electrons. The van der Waals surface area contributed by atoms with Crippen LogP contribution in [0.25, 0.3) is 0 Å². The number of nitrogens with zero attached hydrogens (tertiary/aromatic N) is 4. The summed E-state index contributed by atoms with van der Waals surface area (Å²) < 4.78 is 53.9. The summed E-state index contributed by atoms with van der Waals surface area (Å²) in [4.78, 5) is 17.4. The largest absolute Gasteiger partial charge is 0.395 e. The van der Waals surface area contributed by atoms with Gasteiger partial charge in [0.1, 0.15) is 0 Å². The number of nitrogens with one attached hydrogen (secondary N) is 1. The molecule has 1 amide bonds. The maximum Gasteiger partial charge on any atom is 0.257 e. The van der Waals surface area contributed by atoms with Gasteiger partial charge in [-0.2, -0.15) is 4.31 Å². The van der Waals surface area contributed by atoms with Gasteiger partial charge in [0.15, 0.2) is 0 Å². The molecule has 3 N–H and O–H groups in total. The second kappa shape index (κ2) is 15.3. The molecule has 16 heteroatoms. The minimum absolute atomic E-state index is 0.0668. The number of piperazine rings is 1. The summed E-state index contributed by atoms with van der Waals surface area (Å²) in [5, 5.41) is 22.4. The predicted molar refractivity (Wildman–Crippen MR) is 181 cm³/mol. The molecule has 3 aromatic carbocycles. The van der Waals surface area contributed by atoms with Gasteiger partial charge in [-0.3, -0.25) is 14.0 Å². The van der Waals surface area contributed by atoms with Crippen LogP contribution in [0.5, 0.6) is 0 Å². The van der Waals surface area contributed by atoms with E-state index in [9.17, 15) is 31.8 Å². The number of rotatable bonds is 13. The van der Waals surface area contributed by atoms with E-state index in [2.05, 4.69) is 5.32 Å². The Morgan fingerprint density at radius 1 is 0.870 bits per heavy atom. The minimum atomic E-state index is -3.81. The number of aliphatic hydroxyl groups excluding tert-OH is 2. The van der Waals surface area contributed by atoms with Gasteiger partial charge in [-0.05, 0) is 60.2 Å². The summed E-state index contributed by atoms with van der Waals surface area (Å²) in [6, 6.07) is 15.7. The van der Waals surface area contributed by atoms with E-state index in [1.165, 1.54) is 41.7 Å². The average molecular weight is 715 g/mol. The summed E-state index contributed by atoms with van der Waals surface area (Å²) >= 11 is 12.3. The standard InChI is InChI=1S/C30H37Cl2N5O7S2/c1-34(45(2,41)42)29-8-3-22(21-35(13-15-38)14-16-39)17-28(29)30(40)33-25-4-6-27(7-5-25)46(43,44)37-11-9-36(10-12-37)26-19-23(31)18-24(32)20-26/h3-8,17-20,38-39H,9-16,21H2,1-2H3,(H,33,40). The van der Waals surface area contributed by atoms with Gasteiger partial charge >= 0.3 is 0 Å². The highest BCUT2D eigenvalue weighted by Gasteiger charge is 2.29. The van der Waals surface area contributed by atoms with Crippen LogP contribution in [0.2, 0.25) is 10.0 Å². The smallest absolute Gasteiger partial charge is 0.257 e. The summed E-state index contributed by atoms with van der Waals surface area (Å²) in [6.45, 7) is 2.07. The van der Waals surface area contributed by atoms with Crippen LogP contribution in [0.1, 0.15) is 15.9 Å². The lowest BCUT2D eigenvalue weighted by Gasteiger charge is -2.35. The number of carbonyl (C=O) groups excluding carboxylic acids is 1. The van der Waals surface area contributed by atoms with E-state index in [1.54, 1.807) is 35.2 Å². The highest BCUT2D eigenvalue weighted by Crippen LogP contribution is 2.29. The zero-order valence-corrected chi connectivity index (χ0v) is 28.6. The van der Waals surface area contributed by atoms with E-state index >= 15 is 0 Å². The number of hydrogen-bond acceptors (Lipinski definition) is 9. The van der Waals surface area contributed by atoms with E-state index in [-0.39, 0.29) is 42.4 Å². The molecular formula is C30H37Cl2N5O7S2. The molecule has 3 aromatic rings. The van der Waals surface area contributed by atoms with Gasteiger partial charge in [-0.25, -0.2) is 16.8 Å². The number of hydrogen-bond donors (Lipinski definition) is 3. The zero-order valence-electron chi connectivity index (χ0n) is 25.4. The van der Waals surface area contributed by atoms with Crippen molar-refractivity contribution in [1.29, 1.82) is 0 Å². The summed E-state index contributed by atoms with van der Waals surface area (Å²) in [5.41, 5.74) is 2.02. The third-order valence-corrected chi connectivity index (χ3v) is 11.1. The molecule has 0 spiro atoms. The van der Waals surface area contributed by atoms with Crippen molar-refractivity contribution in [2.45, 2.75) is 11.4 Å². The van der Waals surface area contributed by atoms with E-state index in [0.29, 0.717) is 54.0 Å². The Morgan fingerprint density at radius 3 is 2.00 bits per heavy atom. The quantitative estimate of drug-likeness (QED) is 0.243. The molecule has 0 atom stereocenters. The lowest BCUT2D eigenvalue weighted by molar-refractivity contribution is 0.102. The maximum atomic E-state index is 13.5.